The minimum atomic E-state index is -0.956. The molecule has 0 radical (unpaired) electrons. The van der Waals surface area contributed by atoms with Gasteiger partial charge < -0.3 is 10.6 Å². The highest BCUT2D eigenvalue weighted by molar-refractivity contribution is 6.19. The molecule has 3 atom stereocenters. The molecule has 5 heteroatoms. The molecule has 2 aliphatic rings. The largest absolute Gasteiger partial charge is 0.352 e. The van der Waals surface area contributed by atoms with Crippen molar-refractivity contribution in [2.75, 3.05) is 11.9 Å². The third-order valence-corrected chi connectivity index (χ3v) is 4.42. The van der Waals surface area contributed by atoms with Gasteiger partial charge in [0, 0.05) is 12.1 Å². The first-order valence-corrected chi connectivity index (χ1v) is 6.85. The van der Waals surface area contributed by atoms with E-state index >= 15 is 0 Å². The Labute approximate surface area is 122 Å². The quantitative estimate of drug-likeness (QED) is 0.823. The lowest BCUT2D eigenvalue weighted by molar-refractivity contribution is -0.125. The molecule has 2 N–H and O–H groups in total. The number of Topliss-reactive ketones (excluding diaryl/α,β-unsaturated/α-hetero) is 1. The van der Waals surface area contributed by atoms with Crippen LogP contribution in [-0.4, -0.2) is 24.1 Å². The maximum Gasteiger partial charge on any atom is 0.229 e. The fraction of sp³-hybridized carbons (Fsp3) is 0.312. The lowest BCUT2D eigenvalue weighted by Gasteiger charge is -2.12. The zero-order valence-electron chi connectivity index (χ0n) is 11.7. The van der Waals surface area contributed by atoms with Crippen LogP contribution in [0.4, 0.5) is 5.69 Å². The number of hydrogen-bond acceptors (Lipinski definition) is 3. The van der Waals surface area contributed by atoms with Gasteiger partial charge in [-0.1, -0.05) is 25.1 Å². The van der Waals surface area contributed by atoms with E-state index in [0.29, 0.717) is 17.8 Å². The summed E-state index contributed by atoms with van der Waals surface area (Å²) in [4.78, 5) is 37.2. The minimum Gasteiger partial charge on any atom is -0.352 e. The first kappa shape index (κ1) is 13.5. The van der Waals surface area contributed by atoms with Crippen LogP contribution >= 0.6 is 0 Å². The van der Waals surface area contributed by atoms with Crippen molar-refractivity contribution in [1.82, 2.24) is 5.32 Å². The SMILES string of the molecule is C=CCNC(=O)[C@@H]1[C@H]2C(=O)Nc3ccccc3C(=O)[C@]12C. The van der Waals surface area contributed by atoms with Crippen LogP contribution in [0.15, 0.2) is 36.9 Å². The summed E-state index contributed by atoms with van der Waals surface area (Å²) in [5.41, 5.74) is 0.0307. The van der Waals surface area contributed by atoms with E-state index in [-0.39, 0.29) is 17.6 Å². The van der Waals surface area contributed by atoms with E-state index in [1.54, 1.807) is 37.3 Å². The second-order valence-corrected chi connectivity index (χ2v) is 5.64. The number of amides is 2. The van der Waals surface area contributed by atoms with Gasteiger partial charge in [0.15, 0.2) is 5.78 Å². The molecule has 1 heterocycles. The number of para-hydroxylation sites is 1. The molecule has 2 amide bonds. The summed E-state index contributed by atoms with van der Waals surface area (Å²) in [5.74, 6) is -1.92. The fourth-order valence-electron chi connectivity index (χ4n) is 3.22. The summed E-state index contributed by atoms with van der Waals surface area (Å²) < 4.78 is 0. The Morgan fingerprint density at radius 3 is 2.86 bits per heavy atom. The van der Waals surface area contributed by atoms with Gasteiger partial charge in [0.05, 0.1) is 22.9 Å². The summed E-state index contributed by atoms with van der Waals surface area (Å²) in [6, 6.07) is 6.90. The van der Waals surface area contributed by atoms with Crippen LogP contribution < -0.4 is 10.6 Å². The Kier molecular flexibility index (Phi) is 2.93. The van der Waals surface area contributed by atoms with Crippen molar-refractivity contribution in [3.63, 3.8) is 0 Å². The molecule has 5 nitrogen and oxygen atoms in total. The third kappa shape index (κ3) is 1.81. The third-order valence-electron chi connectivity index (χ3n) is 4.42. The van der Waals surface area contributed by atoms with Crippen LogP contribution in [0.2, 0.25) is 0 Å². The second-order valence-electron chi connectivity index (χ2n) is 5.64. The number of carbonyl (C=O) groups is 3. The van der Waals surface area contributed by atoms with Gasteiger partial charge in [0.1, 0.15) is 0 Å². The molecular formula is C16H16N2O3. The smallest absolute Gasteiger partial charge is 0.229 e. The Bertz CT molecular complexity index is 667. The van der Waals surface area contributed by atoms with E-state index < -0.39 is 17.3 Å². The minimum absolute atomic E-state index is 0.153. The predicted molar refractivity (Wildman–Crippen MR) is 77.7 cm³/mol. The van der Waals surface area contributed by atoms with Gasteiger partial charge in [0.2, 0.25) is 11.8 Å². The van der Waals surface area contributed by atoms with Gasteiger partial charge in [-0.15, -0.1) is 6.58 Å². The van der Waals surface area contributed by atoms with Crippen LogP contribution in [0.25, 0.3) is 0 Å². The van der Waals surface area contributed by atoms with E-state index in [0.717, 1.165) is 0 Å². The van der Waals surface area contributed by atoms with Crippen LogP contribution in [-0.2, 0) is 9.59 Å². The summed E-state index contributed by atoms with van der Waals surface area (Å²) in [6.07, 6.45) is 1.57. The van der Waals surface area contributed by atoms with Crippen LogP contribution in [0.3, 0.4) is 0 Å². The molecule has 21 heavy (non-hydrogen) atoms. The number of hydrogen-bond donors (Lipinski definition) is 2. The standard InChI is InChI=1S/C16H16N2O3/c1-3-8-17-14(20)11-12-15(21)18-10-7-5-4-6-9(10)13(19)16(11,12)2/h3-7,11-12H,1,8H2,2H3,(H,17,20)(H,18,21)/t11-,12-,16+/m0/s1. The maximum absolute atomic E-state index is 12.7. The van der Waals surface area contributed by atoms with Gasteiger partial charge >= 0.3 is 0 Å². The van der Waals surface area contributed by atoms with E-state index in [1.807, 2.05) is 0 Å². The van der Waals surface area contributed by atoms with Crippen molar-refractivity contribution < 1.29 is 14.4 Å². The molecule has 108 valence electrons. The van der Waals surface area contributed by atoms with Gasteiger partial charge in [-0.25, -0.2) is 0 Å². The molecule has 0 saturated heterocycles. The normalized spacial score (nSPS) is 29.6. The van der Waals surface area contributed by atoms with Crippen molar-refractivity contribution in [3.05, 3.63) is 42.5 Å². The Morgan fingerprint density at radius 2 is 2.14 bits per heavy atom. The molecule has 0 aromatic heterocycles. The molecule has 3 rings (SSSR count). The fourth-order valence-corrected chi connectivity index (χ4v) is 3.22. The number of anilines is 1. The first-order chi connectivity index (χ1) is 10.0. The maximum atomic E-state index is 12.7. The summed E-state index contributed by atoms with van der Waals surface area (Å²) in [6.45, 7) is 5.55. The Hall–Kier alpha value is -2.43. The molecule has 1 saturated carbocycles. The zero-order chi connectivity index (χ0) is 15.2. The molecule has 1 aliphatic heterocycles. The number of rotatable bonds is 3. The number of ketones is 1. The van der Waals surface area contributed by atoms with Crippen molar-refractivity contribution in [3.8, 4) is 0 Å². The Balaban J connectivity index is 1.97. The topological polar surface area (TPSA) is 75.3 Å². The molecule has 0 spiro atoms. The highest BCUT2D eigenvalue weighted by atomic mass is 16.2. The van der Waals surface area contributed by atoms with Crippen molar-refractivity contribution in [2.24, 2.45) is 17.3 Å². The van der Waals surface area contributed by atoms with E-state index in [9.17, 15) is 14.4 Å². The van der Waals surface area contributed by atoms with E-state index in [1.165, 1.54) is 0 Å². The molecule has 1 aliphatic carbocycles. The van der Waals surface area contributed by atoms with E-state index in [4.69, 9.17) is 0 Å². The number of carbonyl (C=O) groups excluding carboxylic acids is 3. The van der Waals surface area contributed by atoms with Gasteiger partial charge in [-0.3, -0.25) is 14.4 Å². The lowest BCUT2D eigenvalue weighted by atomic mass is 9.92. The van der Waals surface area contributed by atoms with Crippen LogP contribution in [0, 0.1) is 17.3 Å². The summed E-state index contributed by atoms with van der Waals surface area (Å²) in [7, 11) is 0. The van der Waals surface area contributed by atoms with Crippen molar-refractivity contribution >= 4 is 23.3 Å². The second kappa shape index (κ2) is 4.55. The number of benzene rings is 1. The van der Waals surface area contributed by atoms with Crippen molar-refractivity contribution in [1.29, 1.82) is 0 Å². The monoisotopic (exact) mass is 284 g/mol. The van der Waals surface area contributed by atoms with Crippen molar-refractivity contribution in [2.45, 2.75) is 6.92 Å². The first-order valence-electron chi connectivity index (χ1n) is 6.85. The summed E-state index contributed by atoms with van der Waals surface area (Å²) in [5, 5.41) is 5.42. The van der Waals surface area contributed by atoms with E-state index in [2.05, 4.69) is 17.2 Å². The van der Waals surface area contributed by atoms with Crippen LogP contribution in [0.1, 0.15) is 17.3 Å². The number of nitrogens with one attached hydrogen (secondary N) is 2. The molecule has 0 unspecified atom stereocenters. The highest BCUT2D eigenvalue weighted by Crippen LogP contribution is 2.62. The Morgan fingerprint density at radius 1 is 1.43 bits per heavy atom. The predicted octanol–water partition coefficient (Wildman–Crippen LogP) is 1.38. The average Bonchev–Trinajstić information content (AvgIpc) is 3.13. The van der Waals surface area contributed by atoms with Gasteiger partial charge in [-0.05, 0) is 12.1 Å². The van der Waals surface area contributed by atoms with Gasteiger partial charge in [0.25, 0.3) is 0 Å². The van der Waals surface area contributed by atoms with Gasteiger partial charge in [-0.2, -0.15) is 0 Å². The highest BCUT2D eigenvalue weighted by Gasteiger charge is 2.73. The molecule has 0 bridgehead atoms. The lowest BCUT2D eigenvalue weighted by Crippen LogP contribution is -2.30. The molecular weight excluding hydrogens is 268 g/mol. The molecule has 1 aromatic carbocycles. The van der Waals surface area contributed by atoms with Crippen LogP contribution in [0.5, 0.6) is 0 Å². The summed E-state index contributed by atoms with van der Waals surface area (Å²) >= 11 is 0. The average molecular weight is 284 g/mol. The molecule has 1 fully saturated rings. The number of fused-ring (bicyclic) bond motifs is 2. The zero-order valence-corrected chi connectivity index (χ0v) is 11.7. The molecule has 1 aromatic rings.